The summed E-state index contributed by atoms with van der Waals surface area (Å²) in [4.78, 5) is 19.3. The Hall–Kier alpha value is -2.14. The number of aromatic nitrogens is 2. The zero-order valence-corrected chi connectivity index (χ0v) is 11.8. The van der Waals surface area contributed by atoms with E-state index in [2.05, 4.69) is 9.97 Å². The largest absolute Gasteiger partial charge is 0.478 e. The maximum absolute atomic E-state index is 10.8. The highest BCUT2D eigenvalue weighted by Crippen LogP contribution is 2.29. The SMILES string of the molecule is CCc1cc(Oc2ccc(C(=O)O)cc2Cl)nc(C)n1. The highest BCUT2D eigenvalue weighted by atomic mass is 35.5. The monoisotopic (exact) mass is 292 g/mol. The molecule has 0 saturated heterocycles. The van der Waals surface area contributed by atoms with Crippen LogP contribution in [0.1, 0.15) is 28.8 Å². The summed E-state index contributed by atoms with van der Waals surface area (Å²) in [5, 5.41) is 9.10. The lowest BCUT2D eigenvalue weighted by atomic mass is 10.2. The summed E-state index contributed by atoms with van der Waals surface area (Å²) in [7, 11) is 0. The Morgan fingerprint density at radius 3 is 2.70 bits per heavy atom. The number of halogens is 1. The van der Waals surface area contributed by atoms with Crippen LogP contribution in [0.5, 0.6) is 11.6 Å². The number of aryl methyl sites for hydroxylation is 2. The van der Waals surface area contributed by atoms with Gasteiger partial charge in [-0.3, -0.25) is 0 Å². The predicted octanol–water partition coefficient (Wildman–Crippen LogP) is 3.49. The van der Waals surface area contributed by atoms with Crippen molar-refractivity contribution in [2.45, 2.75) is 20.3 Å². The van der Waals surface area contributed by atoms with Crippen molar-refractivity contribution in [3.05, 3.63) is 46.4 Å². The van der Waals surface area contributed by atoms with E-state index in [1.165, 1.54) is 18.2 Å². The fourth-order valence-electron chi connectivity index (χ4n) is 1.66. The average molecular weight is 293 g/mol. The van der Waals surface area contributed by atoms with Gasteiger partial charge in [-0.15, -0.1) is 0 Å². The summed E-state index contributed by atoms with van der Waals surface area (Å²) in [5.74, 6) is 0.318. The Bertz CT molecular complexity index is 659. The minimum atomic E-state index is -1.04. The van der Waals surface area contributed by atoms with Gasteiger partial charge in [0.05, 0.1) is 10.6 Å². The molecule has 1 heterocycles. The van der Waals surface area contributed by atoms with Crippen LogP contribution >= 0.6 is 11.6 Å². The molecule has 0 aliphatic heterocycles. The summed E-state index contributed by atoms with van der Waals surface area (Å²) in [5.41, 5.74) is 0.973. The van der Waals surface area contributed by atoms with E-state index in [0.29, 0.717) is 17.5 Å². The third-order valence-electron chi connectivity index (χ3n) is 2.62. The molecule has 20 heavy (non-hydrogen) atoms. The molecule has 0 amide bonds. The van der Waals surface area contributed by atoms with Crippen LogP contribution < -0.4 is 4.74 Å². The van der Waals surface area contributed by atoms with E-state index < -0.39 is 5.97 Å². The second kappa shape index (κ2) is 5.88. The van der Waals surface area contributed by atoms with Crippen molar-refractivity contribution in [2.75, 3.05) is 0 Å². The summed E-state index contributed by atoms with van der Waals surface area (Å²) >= 11 is 6.01. The van der Waals surface area contributed by atoms with Crippen LogP contribution in [0.2, 0.25) is 5.02 Å². The van der Waals surface area contributed by atoms with E-state index in [1.807, 2.05) is 6.92 Å². The van der Waals surface area contributed by atoms with Crippen LogP contribution in [0, 0.1) is 6.92 Å². The molecular formula is C14H13ClN2O3. The fraction of sp³-hybridized carbons (Fsp3) is 0.214. The minimum absolute atomic E-state index is 0.107. The maximum atomic E-state index is 10.8. The molecule has 104 valence electrons. The van der Waals surface area contributed by atoms with E-state index in [4.69, 9.17) is 21.4 Å². The van der Waals surface area contributed by atoms with Gasteiger partial charge in [0.1, 0.15) is 11.6 Å². The van der Waals surface area contributed by atoms with Gasteiger partial charge < -0.3 is 9.84 Å². The second-order valence-electron chi connectivity index (χ2n) is 4.15. The van der Waals surface area contributed by atoms with Crippen molar-refractivity contribution in [2.24, 2.45) is 0 Å². The number of ether oxygens (including phenoxy) is 1. The predicted molar refractivity (Wildman–Crippen MR) is 74.6 cm³/mol. The minimum Gasteiger partial charge on any atom is -0.478 e. The number of hydrogen-bond acceptors (Lipinski definition) is 4. The Labute approximate surface area is 121 Å². The van der Waals surface area contributed by atoms with Crippen LogP contribution in [0.3, 0.4) is 0 Å². The molecule has 0 spiro atoms. The topological polar surface area (TPSA) is 72.3 Å². The molecule has 1 N–H and O–H groups in total. The molecule has 0 aliphatic carbocycles. The molecule has 0 saturated carbocycles. The van der Waals surface area contributed by atoms with Crippen LogP contribution in [0.25, 0.3) is 0 Å². The molecule has 2 aromatic rings. The molecule has 0 aliphatic rings. The van der Waals surface area contributed by atoms with Crippen LogP contribution in [-0.4, -0.2) is 21.0 Å². The first-order chi connectivity index (χ1) is 9.49. The molecule has 0 fully saturated rings. The highest BCUT2D eigenvalue weighted by molar-refractivity contribution is 6.32. The lowest BCUT2D eigenvalue weighted by Crippen LogP contribution is -1.99. The molecule has 5 nitrogen and oxygen atoms in total. The molecule has 0 bridgehead atoms. The summed E-state index contributed by atoms with van der Waals surface area (Å²) in [6.07, 6.45) is 0.769. The molecule has 1 aromatic carbocycles. The van der Waals surface area contributed by atoms with Gasteiger partial charge in [-0.1, -0.05) is 18.5 Å². The van der Waals surface area contributed by atoms with Crippen molar-refractivity contribution in [3.8, 4) is 11.6 Å². The number of carbonyl (C=O) groups is 1. The number of nitrogens with zero attached hydrogens (tertiary/aromatic N) is 2. The third kappa shape index (κ3) is 3.24. The van der Waals surface area contributed by atoms with E-state index >= 15 is 0 Å². The van der Waals surface area contributed by atoms with Gasteiger partial charge in [0.25, 0.3) is 0 Å². The van der Waals surface area contributed by atoms with Gasteiger partial charge in [-0.05, 0) is 31.5 Å². The number of aromatic carboxylic acids is 1. The van der Waals surface area contributed by atoms with Gasteiger partial charge in [0.15, 0.2) is 0 Å². The molecule has 0 radical (unpaired) electrons. The first-order valence-corrected chi connectivity index (χ1v) is 6.42. The standard InChI is InChI=1S/C14H13ClN2O3/c1-3-10-7-13(17-8(2)16-10)20-12-5-4-9(14(18)19)6-11(12)15/h4-7H,3H2,1-2H3,(H,18,19). The first kappa shape index (κ1) is 14.3. The van der Waals surface area contributed by atoms with Crippen LogP contribution in [0.15, 0.2) is 24.3 Å². The zero-order chi connectivity index (χ0) is 14.7. The summed E-state index contributed by atoms with van der Waals surface area (Å²) in [6, 6.07) is 6.01. The van der Waals surface area contributed by atoms with Crippen molar-refractivity contribution in [1.29, 1.82) is 0 Å². The van der Waals surface area contributed by atoms with Crippen molar-refractivity contribution in [3.63, 3.8) is 0 Å². The number of rotatable bonds is 4. The summed E-state index contributed by atoms with van der Waals surface area (Å²) < 4.78 is 5.59. The summed E-state index contributed by atoms with van der Waals surface area (Å²) in [6.45, 7) is 3.77. The van der Waals surface area contributed by atoms with Crippen LogP contribution in [0.4, 0.5) is 0 Å². The Morgan fingerprint density at radius 1 is 1.35 bits per heavy atom. The number of carboxylic acids is 1. The van der Waals surface area contributed by atoms with Crippen molar-refractivity contribution >= 4 is 17.6 Å². The highest BCUT2D eigenvalue weighted by Gasteiger charge is 2.10. The Kier molecular flexibility index (Phi) is 4.20. The van der Waals surface area contributed by atoms with E-state index in [1.54, 1.807) is 13.0 Å². The van der Waals surface area contributed by atoms with E-state index in [0.717, 1.165) is 12.1 Å². The Morgan fingerprint density at radius 2 is 2.10 bits per heavy atom. The third-order valence-corrected chi connectivity index (χ3v) is 2.92. The van der Waals surface area contributed by atoms with Crippen molar-refractivity contribution in [1.82, 2.24) is 9.97 Å². The quantitative estimate of drug-likeness (QED) is 0.934. The number of carboxylic acid groups (broad SMARTS) is 1. The molecule has 0 atom stereocenters. The molecular weight excluding hydrogens is 280 g/mol. The molecule has 2 rings (SSSR count). The van der Waals surface area contributed by atoms with Crippen molar-refractivity contribution < 1.29 is 14.6 Å². The van der Waals surface area contributed by atoms with Gasteiger partial charge in [0, 0.05) is 11.8 Å². The average Bonchev–Trinajstić information content (AvgIpc) is 2.40. The van der Waals surface area contributed by atoms with Gasteiger partial charge in [0.2, 0.25) is 5.88 Å². The zero-order valence-electron chi connectivity index (χ0n) is 11.1. The van der Waals surface area contributed by atoms with Gasteiger partial charge in [-0.25, -0.2) is 9.78 Å². The van der Waals surface area contributed by atoms with Gasteiger partial charge in [-0.2, -0.15) is 4.98 Å². The smallest absolute Gasteiger partial charge is 0.335 e. The lowest BCUT2D eigenvalue weighted by molar-refractivity contribution is 0.0697. The van der Waals surface area contributed by atoms with Gasteiger partial charge >= 0.3 is 5.97 Å². The van der Waals surface area contributed by atoms with Crippen LogP contribution in [-0.2, 0) is 6.42 Å². The molecule has 1 aromatic heterocycles. The lowest BCUT2D eigenvalue weighted by Gasteiger charge is -2.09. The maximum Gasteiger partial charge on any atom is 0.335 e. The number of hydrogen-bond donors (Lipinski definition) is 1. The number of benzene rings is 1. The fourth-order valence-corrected chi connectivity index (χ4v) is 1.88. The first-order valence-electron chi connectivity index (χ1n) is 6.05. The van der Waals surface area contributed by atoms with E-state index in [-0.39, 0.29) is 10.6 Å². The molecule has 6 heteroatoms. The Balaban J connectivity index is 2.30. The second-order valence-corrected chi connectivity index (χ2v) is 4.56. The van der Waals surface area contributed by atoms with E-state index in [9.17, 15) is 4.79 Å². The molecule has 0 unspecified atom stereocenters. The normalized spacial score (nSPS) is 10.3.